The highest BCUT2D eigenvalue weighted by Gasteiger charge is 2.29. The molecule has 1 aliphatic heterocycles. The fourth-order valence-corrected chi connectivity index (χ4v) is 2.63. The molecule has 1 amide bonds. The van der Waals surface area contributed by atoms with E-state index >= 15 is 0 Å². The normalized spacial score (nSPS) is 21.0. The quantitative estimate of drug-likeness (QED) is 0.904. The number of amides is 1. The van der Waals surface area contributed by atoms with E-state index in [2.05, 4.69) is 15.6 Å². The molecule has 0 radical (unpaired) electrons. The first-order chi connectivity index (χ1) is 10.7. The lowest BCUT2D eigenvalue weighted by atomic mass is 9.95. The van der Waals surface area contributed by atoms with Crippen LogP contribution in [-0.2, 0) is 16.1 Å². The lowest BCUT2D eigenvalue weighted by Gasteiger charge is -2.19. The van der Waals surface area contributed by atoms with Crippen LogP contribution in [0.2, 0.25) is 0 Å². The molecule has 3 rings (SSSR count). The second-order valence-corrected chi connectivity index (χ2v) is 5.30. The molecule has 1 fully saturated rings. The zero-order chi connectivity index (χ0) is 15.4. The molecule has 22 heavy (non-hydrogen) atoms. The largest absolute Gasteiger partial charge is 0.373 e. The molecule has 1 aliphatic rings. The van der Waals surface area contributed by atoms with Crippen molar-refractivity contribution in [2.75, 3.05) is 13.2 Å². The summed E-state index contributed by atoms with van der Waals surface area (Å²) in [6, 6.07) is 6.32. The molecule has 0 bridgehead atoms. The molecule has 2 atom stereocenters. The smallest absolute Gasteiger partial charge is 0.241 e. The third kappa shape index (κ3) is 3.48. The molecule has 1 N–H and O–H groups in total. The molecule has 2 aromatic rings. The summed E-state index contributed by atoms with van der Waals surface area (Å²) < 4.78 is 20.2. The van der Waals surface area contributed by atoms with E-state index in [0.29, 0.717) is 13.2 Å². The van der Waals surface area contributed by atoms with E-state index in [1.165, 1.54) is 23.0 Å². The number of carbonyl (C=O) groups excluding carboxylic acids is 1. The van der Waals surface area contributed by atoms with Crippen molar-refractivity contribution in [2.45, 2.75) is 19.1 Å². The van der Waals surface area contributed by atoms with Gasteiger partial charge in [-0.1, -0.05) is 17.3 Å². The number of aromatic nitrogens is 3. The minimum Gasteiger partial charge on any atom is -0.373 e. The lowest BCUT2D eigenvalue weighted by Crippen LogP contribution is -2.33. The van der Waals surface area contributed by atoms with Gasteiger partial charge >= 0.3 is 0 Å². The number of nitrogens with one attached hydrogen (secondary N) is 1. The summed E-state index contributed by atoms with van der Waals surface area (Å²) in [5, 5.41) is 10.3. The number of ether oxygens (including phenoxy) is 1. The molecule has 1 aromatic heterocycles. The average Bonchev–Trinajstić information content (AvgIpc) is 3.17. The van der Waals surface area contributed by atoms with Gasteiger partial charge in [0.15, 0.2) is 0 Å². The van der Waals surface area contributed by atoms with Gasteiger partial charge in [0, 0.05) is 25.3 Å². The van der Waals surface area contributed by atoms with E-state index in [-0.39, 0.29) is 30.3 Å². The van der Waals surface area contributed by atoms with Gasteiger partial charge in [-0.25, -0.2) is 9.07 Å². The minimum absolute atomic E-state index is 0.104. The first-order valence-electron chi connectivity index (χ1n) is 7.20. The maximum absolute atomic E-state index is 13.0. The highest BCUT2D eigenvalue weighted by Crippen LogP contribution is 2.34. The predicted molar refractivity (Wildman–Crippen MR) is 76.2 cm³/mol. The molecule has 0 spiro atoms. The van der Waals surface area contributed by atoms with Gasteiger partial charge in [0.05, 0.1) is 12.3 Å². The van der Waals surface area contributed by atoms with Crippen molar-refractivity contribution >= 4 is 5.91 Å². The van der Waals surface area contributed by atoms with Gasteiger partial charge in [-0.05, 0) is 24.1 Å². The Labute approximate surface area is 127 Å². The van der Waals surface area contributed by atoms with Crippen molar-refractivity contribution < 1.29 is 13.9 Å². The molecule has 0 saturated carbocycles. The van der Waals surface area contributed by atoms with Crippen LogP contribution in [0.5, 0.6) is 0 Å². The Bertz CT molecular complexity index is 615. The monoisotopic (exact) mass is 304 g/mol. The van der Waals surface area contributed by atoms with E-state index in [0.717, 1.165) is 12.0 Å². The van der Waals surface area contributed by atoms with Gasteiger partial charge in [-0.15, -0.1) is 5.10 Å². The van der Waals surface area contributed by atoms with Gasteiger partial charge < -0.3 is 10.1 Å². The summed E-state index contributed by atoms with van der Waals surface area (Å²) in [5.41, 5.74) is 0.939. The topological polar surface area (TPSA) is 69.0 Å². The van der Waals surface area contributed by atoms with Crippen LogP contribution in [0.1, 0.15) is 18.1 Å². The molecule has 116 valence electrons. The average molecular weight is 304 g/mol. The summed E-state index contributed by atoms with van der Waals surface area (Å²) in [6.45, 7) is 1.32. The lowest BCUT2D eigenvalue weighted by molar-refractivity contribution is -0.122. The molecule has 0 unspecified atom stereocenters. The SMILES string of the molecule is O=C(Cn1ccnn1)NC[C@@H]1CCO[C@H]1c1ccc(F)cc1. The third-order valence-corrected chi connectivity index (χ3v) is 3.75. The molecule has 0 aliphatic carbocycles. The van der Waals surface area contributed by atoms with Gasteiger partial charge in [0.2, 0.25) is 5.91 Å². The summed E-state index contributed by atoms with van der Waals surface area (Å²) in [6.07, 6.45) is 3.93. The van der Waals surface area contributed by atoms with Crippen molar-refractivity contribution in [1.82, 2.24) is 20.3 Å². The second kappa shape index (κ2) is 6.65. The molecule has 1 aromatic carbocycles. The Morgan fingerprint density at radius 3 is 2.95 bits per heavy atom. The maximum atomic E-state index is 13.0. The van der Waals surface area contributed by atoms with Gasteiger partial charge in [-0.3, -0.25) is 4.79 Å². The zero-order valence-electron chi connectivity index (χ0n) is 12.0. The van der Waals surface area contributed by atoms with E-state index in [1.807, 2.05) is 0 Å². The van der Waals surface area contributed by atoms with Crippen LogP contribution >= 0.6 is 0 Å². The highest BCUT2D eigenvalue weighted by molar-refractivity contribution is 5.75. The first kappa shape index (κ1) is 14.6. The van der Waals surface area contributed by atoms with Crippen molar-refractivity contribution in [3.05, 3.63) is 48.0 Å². The number of benzene rings is 1. The van der Waals surface area contributed by atoms with Gasteiger partial charge in [0.1, 0.15) is 12.4 Å². The van der Waals surface area contributed by atoms with Gasteiger partial charge in [0.25, 0.3) is 0 Å². The van der Waals surface area contributed by atoms with Crippen LogP contribution in [-0.4, -0.2) is 34.1 Å². The van der Waals surface area contributed by atoms with Crippen molar-refractivity contribution in [1.29, 1.82) is 0 Å². The van der Waals surface area contributed by atoms with E-state index in [9.17, 15) is 9.18 Å². The number of halogens is 1. The Morgan fingerprint density at radius 2 is 2.23 bits per heavy atom. The number of rotatable bonds is 5. The fraction of sp³-hybridized carbons (Fsp3) is 0.400. The van der Waals surface area contributed by atoms with E-state index < -0.39 is 0 Å². The number of nitrogens with zero attached hydrogens (tertiary/aromatic N) is 3. The molecule has 7 heteroatoms. The molecular weight excluding hydrogens is 287 g/mol. The molecular formula is C15H17FN4O2. The number of carbonyl (C=O) groups is 1. The second-order valence-electron chi connectivity index (χ2n) is 5.30. The number of hydrogen-bond donors (Lipinski definition) is 1. The Kier molecular flexibility index (Phi) is 4.43. The van der Waals surface area contributed by atoms with Crippen LogP contribution in [0.25, 0.3) is 0 Å². The standard InChI is InChI=1S/C15H17FN4O2/c16-13-3-1-11(2-4-13)15-12(5-8-22-15)9-17-14(21)10-20-7-6-18-19-20/h1-4,6-7,12,15H,5,8-10H2,(H,17,21)/t12-,15-/m0/s1. The zero-order valence-corrected chi connectivity index (χ0v) is 12.0. The molecule has 1 saturated heterocycles. The Balaban J connectivity index is 1.55. The van der Waals surface area contributed by atoms with Crippen LogP contribution in [0.4, 0.5) is 4.39 Å². The molecule has 6 nitrogen and oxygen atoms in total. The summed E-state index contributed by atoms with van der Waals surface area (Å²) in [4.78, 5) is 11.9. The third-order valence-electron chi connectivity index (χ3n) is 3.75. The van der Waals surface area contributed by atoms with Crippen molar-refractivity contribution in [2.24, 2.45) is 5.92 Å². The Hall–Kier alpha value is -2.28. The minimum atomic E-state index is -0.264. The number of hydrogen-bond acceptors (Lipinski definition) is 4. The van der Waals surface area contributed by atoms with E-state index in [1.54, 1.807) is 18.3 Å². The van der Waals surface area contributed by atoms with Crippen molar-refractivity contribution in [3.63, 3.8) is 0 Å². The summed E-state index contributed by atoms with van der Waals surface area (Å²) in [7, 11) is 0. The maximum Gasteiger partial charge on any atom is 0.241 e. The van der Waals surface area contributed by atoms with Gasteiger partial charge in [-0.2, -0.15) is 0 Å². The summed E-state index contributed by atoms with van der Waals surface area (Å²) >= 11 is 0. The van der Waals surface area contributed by atoms with Crippen LogP contribution in [0.3, 0.4) is 0 Å². The van der Waals surface area contributed by atoms with Crippen LogP contribution in [0, 0.1) is 11.7 Å². The molecule has 2 heterocycles. The fourth-order valence-electron chi connectivity index (χ4n) is 2.63. The predicted octanol–water partition coefficient (Wildman–Crippen LogP) is 1.31. The first-order valence-corrected chi connectivity index (χ1v) is 7.20. The van der Waals surface area contributed by atoms with Crippen LogP contribution in [0.15, 0.2) is 36.7 Å². The highest BCUT2D eigenvalue weighted by atomic mass is 19.1. The Morgan fingerprint density at radius 1 is 1.41 bits per heavy atom. The summed E-state index contributed by atoms with van der Waals surface area (Å²) in [5.74, 6) is -0.195. The van der Waals surface area contributed by atoms with Crippen molar-refractivity contribution in [3.8, 4) is 0 Å². The van der Waals surface area contributed by atoms with Crippen LogP contribution < -0.4 is 5.32 Å². The van der Waals surface area contributed by atoms with E-state index in [4.69, 9.17) is 4.74 Å².